The van der Waals surface area contributed by atoms with Crippen molar-refractivity contribution in [3.05, 3.63) is 47.3 Å². The molecule has 1 aliphatic carbocycles. The Morgan fingerprint density at radius 2 is 2.03 bits per heavy atom. The van der Waals surface area contributed by atoms with Gasteiger partial charge in [-0.3, -0.25) is 9.80 Å². The van der Waals surface area contributed by atoms with Crippen molar-refractivity contribution < 1.29 is 9.47 Å². The Kier molecular flexibility index (Phi) is 6.07. The number of hydrogen-bond donors (Lipinski definition) is 1. The lowest BCUT2D eigenvalue weighted by Crippen LogP contribution is -2.45. The average Bonchev–Trinajstić information content (AvgIpc) is 3.12. The number of morpholine rings is 1. The van der Waals surface area contributed by atoms with E-state index in [1.54, 1.807) is 0 Å². The Balaban J connectivity index is 1.20. The molecule has 2 fully saturated rings. The summed E-state index contributed by atoms with van der Waals surface area (Å²) in [6, 6.07) is 8.58. The van der Waals surface area contributed by atoms with Gasteiger partial charge in [-0.15, -0.1) is 0 Å². The van der Waals surface area contributed by atoms with E-state index in [0.29, 0.717) is 12.6 Å². The van der Waals surface area contributed by atoms with Gasteiger partial charge in [0.05, 0.1) is 18.9 Å². The van der Waals surface area contributed by atoms with E-state index in [1.807, 2.05) is 6.20 Å². The first-order valence-corrected chi connectivity index (χ1v) is 11.6. The van der Waals surface area contributed by atoms with E-state index in [2.05, 4.69) is 44.0 Å². The smallest absolute Gasteiger partial charge is 0.220 e. The van der Waals surface area contributed by atoms with Crippen LogP contribution in [0.1, 0.15) is 36.1 Å². The molecule has 1 unspecified atom stereocenters. The first-order chi connectivity index (χ1) is 15.2. The number of fused-ring (bicyclic) bond motifs is 2. The van der Waals surface area contributed by atoms with Crippen LogP contribution >= 0.6 is 0 Å². The van der Waals surface area contributed by atoms with Crippen molar-refractivity contribution in [2.45, 2.75) is 37.6 Å². The summed E-state index contributed by atoms with van der Waals surface area (Å²) in [5.41, 5.74) is 9.85. The molecule has 7 nitrogen and oxygen atoms in total. The summed E-state index contributed by atoms with van der Waals surface area (Å²) in [6.07, 6.45) is 6.54. The molecule has 7 heteroatoms. The minimum atomic E-state index is 0.136. The summed E-state index contributed by atoms with van der Waals surface area (Å²) in [4.78, 5) is 13.8. The summed E-state index contributed by atoms with van der Waals surface area (Å²) in [7, 11) is 0. The molecule has 1 spiro atoms. The summed E-state index contributed by atoms with van der Waals surface area (Å²) in [5.74, 6) is 1.36. The van der Waals surface area contributed by atoms with Crippen LogP contribution in [0.3, 0.4) is 0 Å². The van der Waals surface area contributed by atoms with Crippen molar-refractivity contribution in [2.24, 2.45) is 0 Å². The van der Waals surface area contributed by atoms with Crippen molar-refractivity contribution in [3.63, 3.8) is 0 Å². The van der Waals surface area contributed by atoms with E-state index in [4.69, 9.17) is 15.2 Å². The number of rotatable bonds is 6. The van der Waals surface area contributed by atoms with E-state index in [0.717, 1.165) is 71.1 Å². The van der Waals surface area contributed by atoms with Crippen molar-refractivity contribution in [3.8, 4) is 5.75 Å². The molecule has 2 N–H and O–H groups in total. The Morgan fingerprint density at radius 1 is 1.13 bits per heavy atom. The van der Waals surface area contributed by atoms with Crippen molar-refractivity contribution in [1.29, 1.82) is 0 Å². The maximum Gasteiger partial charge on any atom is 0.220 e. The maximum absolute atomic E-state index is 6.06. The van der Waals surface area contributed by atoms with E-state index >= 15 is 0 Å². The number of likely N-dealkylation sites (tertiary alicyclic amines) is 1. The first-order valence-electron chi connectivity index (χ1n) is 11.6. The van der Waals surface area contributed by atoms with E-state index in [9.17, 15) is 0 Å². The molecule has 1 aromatic heterocycles. The van der Waals surface area contributed by atoms with Crippen LogP contribution in [0.15, 0.2) is 30.5 Å². The molecule has 0 saturated carbocycles. The first kappa shape index (κ1) is 20.7. The molecule has 1 atom stereocenters. The van der Waals surface area contributed by atoms with Crippen LogP contribution < -0.4 is 10.5 Å². The number of piperidine rings is 1. The molecule has 1 aromatic carbocycles. The molecule has 2 saturated heterocycles. The van der Waals surface area contributed by atoms with Crippen LogP contribution in [0.2, 0.25) is 0 Å². The minimum absolute atomic E-state index is 0.136. The molecular weight excluding hydrogens is 390 g/mol. The highest BCUT2D eigenvalue weighted by molar-refractivity contribution is 5.37. The van der Waals surface area contributed by atoms with Crippen LogP contribution in [-0.4, -0.2) is 72.3 Å². The van der Waals surface area contributed by atoms with Crippen LogP contribution in [0.5, 0.6) is 5.75 Å². The number of benzene rings is 1. The molecule has 3 aliphatic rings. The predicted molar refractivity (Wildman–Crippen MR) is 120 cm³/mol. The third kappa shape index (κ3) is 4.68. The number of nitrogens with two attached hydrogens (primary N) is 1. The van der Waals surface area contributed by atoms with Crippen molar-refractivity contribution >= 4 is 5.95 Å². The zero-order chi connectivity index (χ0) is 21.1. The number of ether oxygens (including phenoxy) is 2. The molecule has 5 rings (SSSR count). The zero-order valence-corrected chi connectivity index (χ0v) is 18.3. The van der Waals surface area contributed by atoms with Crippen molar-refractivity contribution in [2.75, 3.05) is 58.3 Å². The second-order valence-corrected chi connectivity index (χ2v) is 9.15. The van der Waals surface area contributed by atoms with E-state index < -0.39 is 0 Å². The Hall–Kier alpha value is -2.22. The summed E-state index contributed by atoms with van der Waals surface area (Å²) < 4.78 is 11.5. The maximum atomic E-state index is 6.06. The van der Waals surface area contributed by atoms with E-state index in [-0.39, 0.29) is 5.41 Å². The van der Waals surface area contributed by atoms with Gasteiger partial charge in [0.25, 0.3) is 0 Å². The molecule has 0 radical (unpaired) electrons. The Bertz CT molecular complexity index is 897. The standard InChI is InChI=1S/C24H33N5O2/c25-23-26-16-20-5-7-24(22(20)27-23)6-2-8-29(18-24)17-19-3-1-4-21(15-19)31-14-11-28-9-12-30-13-10-28/h1,3-4,15-16H,2,5-14,17-18H2,(H2,25,26,27). The highest BCUT2D eigenvalue weighted by Crippen LogP contribution is 2.44. The fourth-order valence-electron chi connectivity index (χ4n) is 5.42. The third-order valence-electron chi connectivity index (χ3n) is 7.00. The molecule has 166 valence electrons. The lowest BCUT2D eigenvalue weighted by atomic mass is 9.77. The molecule has 0 bridgehead atoms. The van der Waals surface area contributed by atoms with Gasteiger partial charge in [0, 0.05) is 44.3 Å². The minimum Gasteiger partial charge on any atom is -0.492 e. The second-order valence-electron chi connectivity index (χ2n) is 9.15. The van der Waals surface area contributed by atoms with Gasteiger partial charge in [0.15, 0.2) is 0 Å². The molecular formula is C24H33N5O2. The van der Waals surface area contributed by atoms with Gasteiger partial charge in [0.2, 0.25) is 5.95 Å². The number of anilines is 1. The SMILES string of the molecule is Nc1ncc2c(n1)C1(CCCN(Cc3cccc(OCCN4CCOCC4)c3)C1)CC2. The fourth-order valence-corrected chi connectivity index (χ4v) is 5.42. The summed E-state index contributed by atoms with van der Waals surface area (Å²) in [5, 5.41) is 0. The number of hydrogen-bond acceptors (Lipinski definition) is 7. The van der Waals surface area contributed by atoms with Crippen molar-refractivity contribution in [1.82, 2.24) is 19.8 Å². The Labute approximate surface area is 184 Å². The topological polar surface area (TPSA) is 76.7 Å². The van der Waals surface area contributed by atoms with Crippen LogP contribution in [0.25, 0.3) is 0 Å². The summed E-state index contributed by atoms with van der Waals surface area (Å²) in [6.45, 7) is 8.43. The summed E-state index contributed by atoms with van der Waals surface area (Å²) >= 11 is 0. The van der Waals surface area contributed by atoms with E-state index in [1.165, 1.54) is 29.7 Å². The van der Waals surface area contributed by atoms with Gasteiger partial charge >= 0.3 is 0 Å². The van der Waals surface area contributed by atoms with Gasteiger partial charge in [-0.05, 0) is 55.5 Å². The number of aromatic nitrogens is 2. The monoisotopic (exact) mass is 423 g/mol. The highest BCUT2D eigenvalue weighted by atomic mass is 16.5. The number of nitrogens with zero attached hydrogens (tertiary/aromatic N) is 4. The van der Waals surface area contributed by atoms with Gasteiger partial charge in [-0.2, -0.15) is 0 Å². The lowest BCUT2D eigenvalue weighted by molar-refractivity contribution is 0.0322. The van der Waals surface area contributed by atoms with Crippen LogP contribution in [-0.2, 0) is 23.1 Å². The predicted octanol–water partition coefficient (Wildman–Crippen LogP) is 2.25. The van der Waals surface area contributed by atoms with Gasteiger partial charge in [-0.25, -0.2) is 9.97 Å². The highest BCUT2D eigenvalue weighted by Gasteiger charge is 2.43. The number of nitrogen functional groups attached to an aromatic ring is 1. The third-order valence-corrected chi connectivity index (χ3v) is 7.00. The molecule has 2 aliphatic heterocycles. The second kappa shape index (κ2) is 9.10. The molecule has 3 heterocycles. The van der Waals surface area contributed by atoms with Crippen LogP contribution in [0, 0.1) is 0 Å². The Morgan fingerprint density at radius 3 is 2.94 bits per heavy atom. The van der Waals surface area contributed by atoms with Crippen LogP contribution in [0.4, 0.5) is 5.95 Å². The fraction of sp³-hybridized carbons (Fsp3) is 0.583. The normalized spacial score (nSPS) is 24.4. The average molecular weight is 424 g/mol. The molecule has 2 aromatic rings. The zero-order valence-electron chi connectivity index (χ0n) is 18.3. The van der Waals surface area contributed by atoms with Gasteiger partial charge < -0.3 is 15.2 Å². The largest absolute Gasteiger partial charge is 0.492 e. The number of aryl methyl sites for hydroxylation is 1. The van der Waals surface area contributed by atoms with Gasteiger partial charge in [-0.1, -0.05) is 12.1 Å². The lowest BCUT2D eigenvalue weighted by Gasteiger charge is -2.40. The molecule has 31 heavy (non-hydrogen) atoms. The quantitative estimate of drug-likeness (QED) is 0.764. The van der Waals surface area contributed by atoms with Gasteiger partial charge in [0.1, 0.15) is 12.4 Å². The molecule has 0 amide bonds.